The zero-order valence-electron chi connectivity index (χ0n) is 12.8. The largest absolute Gasteiger partial charge is 0.394 e. The molecule has 0 saturated heterocycles. The summed E-state index contributed by atoms with van der Waals surface area (Å²) in [4.78, 5) is 12.7. The Labute approximate surface area is 129 Å². The molecule has 7 nitrogen and oxygen atoms in total. The van der Waals surface area contributed by atoms with Crippen LogP contribution in [0.5, 0.6) is 0 Å². The number of hydrogen-bond acceptors (Lipinski definition) is 5. The molecule has 0 aliphatic carbocycles. The van der Waals surface area contributed by atoms with Crippen LogP contribution in [0.2, 0.25) is 0 Å². The van der Waals surface area contributed by atoms with Gasteiger partial charge < -0.3 is 10.4 Å². The maximum atomic E-state index is 12.7. The minimum Gasteiger partial charge on any atom is -0.394 e. The molecule has 118 valence electrons. The summed E-state index contributed by atoms with van der Waals surface area (Å²) in [6, 6.07) is 8.35. The van der Waals surface area contributed by atoms with Crippen molar-refractivity contribution in [1.82, 2.24) is 25.5 Å². The number of carbonyl (C=O) groups excluding carboxylic acids is 1. The van der Waals surface area contributed by atoms with Crippen LogP contribution < -0.4 is 5.32 Å². The van der Waals surface area contributed by atoms with Crippen LogP contribution in [0.1, 0.15) is 31.9 Å². The van der Waals surface area contributed by atoms with Crippen molar-refractivity contribution in [2.24, 2.45) is 5.92 Å². The number of amides is 1. The second kappa shape index (κ2) is 7.65. The van der Waals surface area contributed by atoms with Crippen molar-refractivity contribution >= 4 is 5.91 Å². The van der Waals surface area contributed by atoms with Gasteiger partial charge in [0, 0.05) is 0 Å². The van der Waals surface area contributed by atoms with Crippen LogP contribution in [-0.4, -0.2) is 43.9 Å². The van der Waals surface area contributed by atoms with Gasteiger partial charge in [0.1, 0.15) is 6.33 Å². The Morgan fingerprint density at radius 3 is 2.64 bits per heavy atom. The topological polar surface area (TPSA) is 92.9 Å². The highest BCUT2D eigenvalue weighted by Gasteiger charge is 2.27. The number of benzene rings is 1. The average Bonchev–Trinajstić information content (AvgIpc) is 3.07. The molecule has 2 N–H and O–H groups in total. The van der Waals surface area contributed by atoms with E-state index in [2.05, 4.69) is 20.8 Å². The van der Waals surface area contributed by atoms with Crippen molar-refractivity contribution < 1.29 is 9.90 Å². The third-order valence-corrected chi connectivity index (χ3v) is 3.85. The number of nitrogens with zero attached hydrogens (tertiary/aromatic N) is 4. The monoisotopic (exact) mass is 303 g/mol. The predicted molar refractivity (Wildman–Crippen MR) is 80.9 cm³/mol. The van der Waals surface area contributed by atoms with Crippen molar-refractivity contribution in [3.8, 4) is 0 Å². The molecule has 1 aromatic carbocycles. The number of aliphatic hydroxyl groups excluding tert-OH is 1. The number of hydrogen-bond donors (Lipinski definition) is 2. The number of aromatic nitrogens is 4. The molecule has 0 spiro atoms. The Morgan fingerprint density at radius 1 is 1.36 bits per heavy atom. The number of carbonyl (C=O) groups is 1. The van der Waals surface area contributed by atoms with E-state index >= 15 is 0 Å². The third kappa shape index (κ3) is 3.67. The molecule has 1 amide bonds. The van der Waals surface area contributed by atoms with Crippen molar-refractivity contribution in [3.05, 3.63) is 42.2 Å². The molecular weight excluding hydrogens is 282 g/mol. The Balaban J connectivity index is 2.24. The van der Waals surface area contributed by atoms with E-state index in [9.17, 15) is 9.90 Å². The fourth-order valence-electron chi connectivity index (χ4n) is 2.26. The first kappa shape index (κ1) is 16.1. The molecule has 0 radical (unpaired) electrons. The lowest BCUT2D eigenvalue weighted by molar-refractivity contribution is -0.125. The first-order chi connectivity index (χ1) is 10.7. The maximum Gasteiger partial charge on any atom is 0.249 e. The number of tetrazole rings is 1. The lowest BCUT2D eigenvalue weighted by atomic mass is 9.98. The van der Waals surface area contributed by atoms with Crippen LogP contribution in [0, 0.1) is 5.92 Å². The molecule has 0 bridgehead atoms. The minimum atomic E-state index is -0.658. The van der Waals surface area contributed by atoms with Crippen molar-refractivity contribution in [3.63, 3.8) is 0 Å². The second-order valence-corrected chi connectivity index (χ2v) is 5.29. The van der Waals surface area contributed by atoms with Gasteiger partial charge in [0.15, 0.2) is 6.04 Å². The van der Waals surface area contributed by atoms with Crippen molar-refractivity contribution in [1.29, 1.82) is 0 Å². The highest BCUT2D eigenvalue weighted by molar-refractivity contribution is 5.83. The molecule has 3 atom stereocenters. The van der Waals surface area contributed by atoms with E-state index in [1.807, 2.05) is 44.2 Å². The Hall–Kier alpha value is -2.28. The lowest BCUT2D eigenvalue weighted by Gasteiger charge is -2.25. The van der Waals surface area contributed by atoms with Gasteiger partial charge in [0.25, 0.3) is 0 Å². The maximum absolute atomic E-state index is 12.7. The number of aliphatic hydroxyl groups is 1. The molecule has 0 aliphatic heterocycles. The Kier molecular flexibility index (Phi) is 5.60. The molecule has 2 rings (SSSR count). The molecule has 22 heavy (non-hydrogen) atoms. The van der Waals surface area contributed by atoms with Crippen LogP contribution in [0.3, 0.4) is 0 Å². The van der Waals surface area contributed by atoms with Gasteiger partial charge in [-0.05, 0) is 21.9 Å². The molecule has 0 saturated carbocycles. The molecule has 7 heteroatoms. The Morgan fingerprint density at radius 2 is 2.09 bits per heavy atom. The van der Waals surface area contributed by atoms with E-state index in [1.165, 1.54) is 11.0 Å². The van der Waals surface area contributed by atoms with Gasteiger partial charge in [-0.1, -0.05) is 50.6 Å². The number of rotatable bonds is 7. The molecule has 1 aromatic heterocycles. The smallest absolute Gasteiger partial charge is 0.249 e. The summed E-state index contributed by atoms with van der Waals surface area (Å²) in [6.45, 7) is 3.92. The SMILES string of the molecule is CC[C@@H](C)[C@@H](CO)NC(=O)[C@H](c1ccccc1)n1cnnn1. The van der Waals surface area contributed by atoms with E-state index < -0.39 is 6.04 Å². The van der Waals surface area contributed by atoms with E-state index in [0.29, 0.717) is 0 Å². The lowest BCUT2D eigenvalue weighted by Crippen LogP contribution is -2.45. The van der Waals surface area contributed by atoms with Gasteiger partial charge >= 0.3 is 0 Å². The zero-order chi connectivity index (χ0) is 15.9. The highest BCUT2D eigenvalue weighted by atomic mass is 16.3. The quantitative estimate of drug-likeness (QED) is 0.788. The van der Waals surface area contributed by atoms with Gasteiger partial charge in [0.2, 0.25) is 5.91 Å². The van der Waals surface area contributed by atoms with Crippen LogP contribution >= 0.6 is 0 Å². The molecular formula is C15H21N5O2. The van der Waals surface area contributed by atoms with Crippen LogP contribution in [0.4, 0.5) is 0 Å². The summed E-state index contributed by atoms with van der Waals surface area (Å²) in [5, 5.41) is 23.4. The predicted octanol–water partition coefficient (Wildman–Crippen LogP) is 0.786. The summed E-state index contributed by atoms with van der Waals surface area (Å²) in [5.41, 5.74) is 0.785. The Bertz CT molecular complexity index is 573. The van der Waals surface area contributed by atoms with Gasteiger partial charge in [-0.3, -0.25) is 4.79 Å². The van der Waals surface area contributed by atoms with E-state index in [4.69, 9.17) is 0 Å². The van der Waals surface area contributed by atoms with Gasteiger partial charge in [0.05, 0.1) is 12.6 Å². The van der Waals surface area contributed by atoms with Gasteiger partial charge in [-0.15, -0.1) is 5.10 Å². The summed E-state index contributed by atoms with van der Waals surface area (Å²) in [6.07, 6.45) is 2.28. The second-order valence-electron chi connectivity index (χ2n) is 5.29. The highest BCUT2D eigenvalue weighted by Crippen LogP contribution is 2.18. The van der Waals surface area contributed by atoms with E-state index in [1.54, 1.807) is 0 Å². The third-order valence-electron chi connectivity index (χ3n) is 3.85. The standard InChI is InChI=1S/C15H21N5O2/c1-3-11(2)13(9-21)17-15(22)14(20-10-16-18-19-20)12-7-5-4-6-8-12/h4-8,10-11,13-14,21H,3,9H2,1-2H3,(H,17,22)/t11-,13-,14+/m1/s1. The first-order valence-electron chi connectivity index (χ1n) is 7.36. The van der Waals surface area contributed by atoms with Crippen LogP contribution in [-0.2, 0) is 4.79 Å². The minimum absolute atomic E-state index is 0.0993. The first-order valence-corrected chi connectivity index (χ1v) is 7.36. The fourth-order valence-corrected chi connectivity index (χ4v) is 2.26. The van der Waals surface area contributed by atoms with Crippen molar-refractivity contribution in [2.75, 3.05) is 6.61 Å². The average molecular weight is 303 g/mol. The summed E-state index contributed by atoms with van der Waals surface area (Å²) >= 11 is 0. The molecule has 0 unspecified atom stereocenters. The summed E-state index contributed by atoms with van der Waals surface area (Å²) in [7, 11) is 0. The fraction of sp³-hybridized carbons (Fsp3) is 0.467. The van der Waals surface area contributed by atoms with Crippen LogP contribution in [0.15, 0.2) is 36.7 Å². The molecule has 0 aliphatic rings. The number of nitrogens with one attached hydrogen (secondary N) is 1. The normalized spacial score (nSPS) is 15.0. The van der Waals surface area contributed by atoms with Gasteiger partial charge in [-0.25, -0.2) is 4.68 Å². The summed E-state index contributed by atoms with van der Waals surface area (Å²) in [5.74, 6) is -0.0582. The van der Waals surface area contributed by atoms with E-state index in [-0.39, 0.29) is 24.5 Å². The van der Waals surface area contributed by atoms with Crippen LogP contribution in [0.25, 0.3) is 0 Å². The zero-order valence-corrected chi connectivity index (χ0v) is 12.8. The summed E-state index contributed by atoms with van der Waals surface area (Å²) < 4.78 is 1.41. The molecule has 2 aromatic rings. The molecule has 0 fully saturated rings. The molecule has 1 heterocycles. The van der Waals surface area contributed by atoms with Crippen molar-refractivity contribution in [2.45, 2.75) is 32.4 Å². The van der Waals surface area contributed by atoms with Gasteiger partial charge in [-0.2, -0.15) is 0 Å². The van der Waals surface area contributed by atoms with E-state index in [0.717, 1.165) is 12.0 Å².